The van der Waals surface area contributed by atoms with Gasteiger partial charge in [-0.1, -0.05) is 0 Å². The van der Waals surface area contributed by atoms with Gasteiger partial charge in [0.1, 0.15) is 10.4 Å². The van der Waals surface area contributed by atoms with Crippen LogP contribution in [-0.4, -0.2) is 42.7 Å². The number of pyridine rings is 1. The highest BCUT2D eigenvalue weighted by Crippen LogP contribution is 2.12. The van der Waals surface area contributed by atoms with Crippen molar-refractivity contribution in [3.63, 3.8) is 0 Å². The zero-order chi connectivity index (χ0) is 12.1. The highest BCUT2D eigenvalue weighted by atomic mass is 79.9. The van der Waals surface area contributed by atoms with Crippen LogP contribution in [-0.2, 0) is 11.2 Å². The molecule has 5 heteroatoms. The molecule has 1 saturated heterocycles. The quantitative estimate of drug-likeness (QED) is 0.798. The van der Waals surface area contributed by atoms with E-state index in [-0.39, 0.29) is 5.82 Å². The summed E-state index contributed by atoms with van der Waals surface area (Å²) >= 11 is 3.26. The van der Waals surface area contributed by atoms with Gasteiger partial charge < -0.3 is 4.74 Å². The third-order valence-corrected chi connectivity index (χ3v) is 3.32. The second-order valence-corrected chi connectivity index (χ2v) is 4.93. The zero-order valence-corrected chi connectivity index (χ0v) is 11.2. The Kier molecular flexibility index (Phi) is 4.88. The lowest BCUT2D eigenvalue weighted by Crippen LogP contribution is -2.37. The van der Waals surface area contributed by atoms with Crippen LogP contribution in [0.4, 0.5) is 4.39 Å². The van der Waals surface area contributed by atoms with Crippen molar-refractivity contribution in [1.29, 1.82) is 0 Å². The molecule has 2 rings (SSSR count). The summed E-state index contributed by atoms with van der Waals surface area (Å²) in [4.78, 5) is 6.50. The molecule has 0 atom stereocenters. The molecule has 1 aliphatic rings. The molecule has 0 bridgehead atoms. The van der Waals surface area contributed by atoms with Crippen LogP contribution in [0.1, 0.15) is 12.1 Å². The van der Waals surface area contributed by atoms with E-state index in [1.807, 2.05) is 0 Å². The van der Waals surface area contributed by atoms with Crippen molar-refractivity contribution < 1.29 is 9.13 Å². The Bertz CT molecular complexity index is 370. The van der Waals surface area contributed by atoms with Gasteiger partial charge in [-0.25, -0.2) is 9.37 Å². The van der Waals surface area contributed by atoms with Crippen molar-refractivity contribution in [2.45, 2.75) is 12.8 Å². The molecule has 0 amide bonds. The number of morpholine rings is 1. The molecule has 1 aliphatic heterocycles. The van der Waals surface area contributed by atoms with Gasteiger partial charge in [0, 0.05) is 13.1 Å². The molecule has 1 aromatic heterocycles. The van der Waals surface area contributed by atoms with Crippen LogP contribution in [0.2, 0.25) is 0 Å². The second kappa shape index (κ2) is 6.42. The fourth-order valence-corrected chi connectivity index (χ4v) is 2.27. The molecule has 0 aliphatic carbocycles. The minimum absolute atomic E-state index is 0.213. The Morgan fingerprint density at radius 1 is 1.35 bits per heavy atom. The maximum Gasteiger partial charge on any atom is 0.144 e. The van der Waals surface area contributed by atoms with Crippen LogP contribution in [0.25, 0.3) is 0 Å². The number of aryl methyl sites for hydroxylation is 1. The third kappa shape index (κ3) is 4.01. The maximum atomic E-state index is 13.4. The van der Waals surface area contributed by atoms with Gasteiger partial charge in [0.25, 0.3) is 0 Å². The van der Waals surface area contributed by atoms with E-state index in [1.54, 1.807) is 6.07 Å². The molecule has 0 spiro atoms. The van der Waals surface area contributed by atoms with E-state index < -0.39 is 0 Å². The van der Waals surface area contributed by atoms with Crippen molar-refractivity contribution in [2.75, 3.05) is 32.8 Å². The molecule has 17 heavy (non-hydrogen) atoms. The van der Waals surface area contributed by atoms with Gasteiger partial charge in [0.05, 0.1) is 18.9 Å². The van der Waals surface area contributed by atoms with Crippen LogP contribution in [0.15, 0.2) is 16.7 Å². The molecule has 0 radical (unpaired) electrons. The van der Waals surface area contributed by atoms with Crippen molar-refractivity contribution in [3.05, 3.63) is 28.2 Å². The number of aromatic nitrogens is 1. The summed E-state index contributed by atoms with van der Waals surface area (Å²) in [5.41, 5.74) is 0.549. The number of hydrogen-bond acceptors (Lipinski definition) is 3. The monoisotopic (exact) mass is 302 g/mol. The first-order valence-electron chi connectivity index (χ1n) is 5.87. The summed E-state index contributed by atoms with van der Waals surface area (Å²) in [7, 11) is 0. The SMILES string of the molecule is Fc1ccc(Br)nc1CCCN1CCOCC1. The first kappa shape index (κ1) is 12.9. The predicted molar refractivity (Wildman–Crippen MR) is 67.5 cm³/mol. The minimum atomic E-state index is -0.213. The largest absolute Gasteiger partial charge is 0.379 e. The van der Waals surface area contributed by atoms with Crippen molar-refractivity contribution >= 4 is 15.9 Å². The number of halogens is 2. The topological polar surface area (TPSA) is 25.4 Å². The van der Waals surface area contributed by atoms with Gasteiger partial charge in [-0.3, -0.25) is 4.90 Å². The van der Waals surface area contributed by atoms with Gasteiger partial charge in [-0.05, 0) is 47.4 Å². The first-order chi connectivity index (χ1) is 8.25. The number of nitrogens with zero attached hydrogens (tertiary/aromatic N) is 2. The van der Waals surface area contributed by atoms with Crippen LogP contribution in [0.3, 0.4) is 0 Å². The molecule has 0 aromatic carbocycles. The molecule has 1 fully saturated rings. The Hall–Kier alpha value is -0.520. The second-order valence-electron chi connectivity index (χ2n) is 4.12. The number of rotatable bonds is 4. The molecule has 2 heterocycles. The Balaban J connectivity index is 1.79. The average Bonchev–Trinajstić information content (AvgIpc) is 2.35. The number of ether oxygens (including phenoxy) is 1. The van der Waals surface area contributed by atoms with E-state index in [1.165, 1.54) is 6.07 Å². The lowest BCUT2D eigenvalue weighted by Gasteiger charge is -2.26. The van der Waals surface area contributed by atoms with Crippen molar-refractivity contribution in [3.8, 4) is 0 Å². The molecule has 94 valence electrons. The van der Waals surface area contributed by atoms with Gasteiger partial charge in [0.15, 0.2) is 0 Å². The van der Waals surface area contributed by atoms with Gasteiger partial charge >= 0.3 is 0 Å². The molecule has 0 saturated carbocycles. The fourth-order valence-electron chi connectivity index (χ4n) is 1.93. The van der Waals surface area contributed by atoms with Gasteiger partial charge in [0.2, 0.25) is 0 Å². The predicted octanol–water partition coefficient (Wildman–Crippen LogP) is 2.25. The van der Waals surface area contributed by atoms with Crippen LogP contribution in [0.5, 0.6) is 0 Å². The third-order valence-electron chi connectivity index (χ3n) is 2.88. The summed E-state index contributed by atoms with van der Waals surface area (Å²) in [6.45, 7) is 4.56. The van der Waals surface area contributed by atoms with Crippen LogP contribution >= 0.6 is 15.9 Å². The zero-order valence-electron chi connectivity index (χ0n) is 9.66. The first-order valence-corrected chi connectivity index (χ1v) is 6.66. The van der Waals surface area contributed by atoms with Crippen molar-refractivity contribution in [1.82, 2.24) is 9.88 Å². The molecule has 0 unspecified atom stereocenters. The lowest BCUT2D eigenvalue weighted by atomic mass is 10.2. The summed E-state index contributed by atoms with van der Waals surface area (Å²) < 4.78 is 19.4. The van der Waals surface area contributed by atoms with Gasteiger partial charge in [-0.2, -0.15) is 0 Å². The van der Waals surface area contributed by atoms with Crippen LogP contribution < -0.4 is 0 Å². The van der Waals surface area contributed by atoms with E-state index in [0.29, 0.717) is 16.7 Å². The highest BCUT2D eigenvalue weighted by Gasteiger charge is 2.10. The van der Waals surface area contributed by atoms with E-state index in [9.17, 15) is 4.39 Å². The lowest BCUT2D eigenvalue weighted by molar-refractivity contribution is 0.0374. The molecule has 3 nitrogen and oxygen atoms in total. The summed E-state index contributed by atoms with van der Waals surface area (Å²) in [6.07, 6.45) is 1.61. The molecule has 0 N–H and O–H groups in total. The van der Waals surface area contributed by atoms with Gasteiger partial charge in [-0.15, -0.1) is 0 Å². The maximum absolute atomic E-state index is 13.4. The summed E-state index contributed by atoms with van der Waals surface area (Å²) in [5.74, 6) is -0.213. The van der Waals surface area contributed by atoms with E-state index in [2.05, 4.69) is 25.8 Å². The standard InChI is InChI=1S/C12H16BrFN2O/c13-12-4-3-10(14)11(15-12)2-1-5-16-6-8-17-9-7-16/h3-4H,1-2,5-9H2. The van der Waals surface area contributed by atoms with E-state index in [0.717, 1.165) is 39.3 Å². The number of hydrogen-bond donors (Lipinski definition) is 0. The Labute approximate surface area is 109 Å². The van der Waals surface area contributed by atoms with E-state index >= 15 is 0 Å². The summed E-state index contributed by atoms with van der Waals surface area (Å²) in [5, 5.41) is 0. The van der Waals surface area contributed by atoms with E-state index in [4.69, 9.17) is 4.74 Å². The average molecular weight is 303 g/mol. The Morgan fingerprint density at radius 2 is 2.12 bits per heavy atom. The Morgan fingerprint density at radius 3 is 2.88 bits per heavy atom. The molecular weight excluding hydrogens is 287 g/mol. The molecular formula is C12H16BrFN2O. The fraction of sp³-hybridized carbons (Fsp3) is 0.583. The smallest absolute Gasteiger partial charge is 0.144 e. The van der Waals surface area contributed by atoms with Crippen LogP contribution in [0, 0.1) is 5.82 Å². The highest BCUT2D eigenvalue weighted by molar-refractivity contribution is 9.10. The molecule has 1 aromatic rings. The normalized spacial score (nSPS) is 17.3. The van der Waals surface area contributed by atoms with Crippen molar-refractivity contribution in [2.24, 2.45) is 0 Å². The minimum Gasteiger partial charge on any atom is -0.379 e. The summed E-state index contributed by atoms with van der Waals surface area (Å²) in [6, 6.07) is 3.09.